The Morgan fingerprint density at radius 2 is 1.78 bits per heavy atom. The van der Waals surface area contributed by atoms with Crippen molar-refractivity contribution in [3.8, 4) is 0 Å². The Balaban J connectivity index is 1.42. The summed E-state index contributed by atoms with van der Waals surface area (Å²) in [6, 6.07) is 19.7. The number of aromatic nitrogens is 1. The first-order valence-electron chi connectivity index (χ1n) is 10.5. The minimum absolute atomic E-state index is 0.000682. The number of carbonyl (C=O) groups is 2. The van der Waals surface area contributed by atoms with E-state index in [0.29, 0.717) is 17.8 Å². The summed E-state index contributed by atoms with van der Waals surface area (Å²) >= 11 is 0. The summed E-state index contributed by atoms with van der Waals surface area (Å²) in [4.78, 5) is 30.4. The third-order valence-corrected chi connectivity index (χ3v) is 5.45. The number of rotatable bonds is 7. The molecule has 1 saturated heterocycles. The number of nitrogens with zero attached hydrogens (tertiary/aromatic N) is 2. The van der Waals surface area contributed by atoms with Crippen molar-refractivity contribution in [3.63, 3.8) is 0 Å². The van der Waals surface area contributed by atoms with Crippen LogP contribution in [0.5, 0.6) is 0 Å². The standard InChI is InChI=1S/C25H25N3O4/c29-23(14-18-4-2-1-3-5-18)27-21-8-6-20(7-9-21)25(31)22-16-32-17-24(30)28(22)15-19-10-12-26-13-11-19/h1-13,22,25,31H,14-17H2,(H,27,29)/t22-,25-/m1/s1. The molecule has 2 N–H and O–H groups in total. The monoisotopic (exact) mass is 431 g/mol. The summed E-state index contributed by atoms with van der Waals surface area (Å²) in [5.74, 6) is -0.277. The minimum Gasteiger partial charge on any atom is -0.386 e. The third kappa shape index (κ3) is 5.38. The van der Waals surface area contributed by atoms with Crippen molar-refractivity contribution in [2.24, 2.45) is 0 Å². The molecule has 164 valence electrons. The molecule has 0 radical (unpaired) electrons. The van der Waals surface area contributed by atoms with Crippen LogP contribution in [0.15, 0.2) is 79.1 Å². The van der Waals surface area contributed by atoms with Gasteiger partial charge in [0, 0.05) is 24.6 Å². The van der Waals surface area contributed by atoms with Crippen molar-refractivity contribution < 1.29 is 19.4 Å². The summed E-state index contributed by atoms with van der Waals surface area (Å²) in [6.07, 6.45) is 2.72. The van der Waals surface area contributed by atoms with Crippen LogP contribution in [0.3, 0.4) is 0 Å². The molecule has 0 saturated carbocycles. The second-order valence-corrected chi connectivity index (χ2v) is 7.74. The first-order chi connectivity index (χ1) is 15.6. The molecular formula is C25H25N3O4. The van der Waals surface area contributed by atoms with Gasteiger partial charge in [0.25, 0.3) is 0 Å². The average molecular weight is 431 g/mol. The van der Waals surface area contributed by atoms with E-state index in [-0.39, 0.29) is 31.4 Å². The zero-order valence-electron chi connectivity index (χ0n) is 17.6. The number of benzene rings is 2. The highest BCUT2D eigenvalue weighted by molar-refractivity contribution is 5.92. The third-order valence-electron chi connectivity index (χ3n) is 5.45. The molecule has 2 atom stereocenters. The maximum absolute atomic E-state index is 12.5. The lowest BCUT2D eigenvalue weighted by molar-refractivity contribution is -0.155. The van der Waals surface area contributed by atoms with Gasteiger partial charge in [-0.25, -0.2) is 0 Å². The van der Waals surface area contributed by atoms with Crippen LogP contribution in [0, 0.1) is 0 Å². The van der Waals surface area contributed by atoms with E-state index in [1.807, 2.05) is 42.5 Å². The molecule has 3 aromatic rings. The number of aliphatic hydroxyl groups excluding tert-OH is 1. The Hall–Kier alpha value is -3.55. The van der Waals surface area contributed by atoms with Gasteiger partial charge in [-0.05, 0) is 41.0 Å². The van der Waals surface area contributed by atoms with Crippen molar-refractivity contribution in [3.05, 3.63) is 95.8 Å². The molecular weight excluding hydrogens is 406 g/mol. The van der Waals surface area contributed by atoms with Gasteiger partial charge in [0.1, 0.15) is 12.7 Å². The van der Waals surface area contributed by atoms with E-state index in [2.05, 4.69) is 10.3 Å². The van der Waals surface area contributed by atoms with Gasteiger partial charge in [-0.3, -0.25) is 14.6 Å². The van der Waals surface area contributed by atoms with Gasteiger partial charge in [-0.15, -0.1) is 0 Å². The van der Waals surface area contributed by atoms with Gasteiger partial charge >= 0.3 is 0 Å². The number of morpholine rings is 1. The zero-order valence-corrected chi connectivity index (χ0v) is 17.6. The SMILES string of the molecule is O=C(Cc1ccccc1)Nc1ccc([C@@H](O)[C@H]2COCC(=O)N2Cc2ccncc2)cc1. The molecule has 4 rings (SSSR count). The number of hydrogen-bond donors (Lipinski definition) is 2. The Kier molecular flexibility index (Phi) is 6.89. The van der Waals surface area contributed by atoms with Crippen molar-refractivity contribution in [1.82, 2.24) is 9.88 Å². The second kappa shape index (κ2) is 10.2. The molecule has 0 unspecified atom stereocenters. The van der Waals surface area contributed by atoms with Gasteiger partial charge in [-0.1, -0.05) is 42.5 Å². The van der Waals surface area contributed by atoms with Crippen LogP contribution in [-0.2, 0) is 27.3 Å². The highest BCUT2D eigenvalue weighted by Crippen LogP contribution is 2.26. The maximum Gasteiger partial charge on any atom is 0.249 e. The van der Waals surface area contributed by atoms with Crippen LogP contribution in [-0.4, -0.2) is 46.1 Å². The number of pyridine rings is 1. The topological polar surface area (TPSA) is 91.8 Å². The van der Waals surface area contributed by atoms with E-state index in [0.717, 1.165) is 11.1 Å². The first-order valence-corrected chi connectivity index (χ1v) is 10.5. The van der Waals surface area contributed by atoms with Gasteiger partial charge in [0.2, 0.25) is 11.8 Å². The lowest BCUT2D eigenvalue weighted by Crippen LogP contribution is -2.51. The Morgan fingerprint density at radius 3 is 2.50 bits per heavy atom. The molecule has 7 heteroatoms. The van der Waals surface area contributed by atoms with Gasteiger partial charge in [0.15, 0.2) is 0 Å². The highest BCUT2D eigenvalue weighted by Gasteiger charge is 2.34. The first kappa shape index (κ1) is 21.7. The predicted octanol–water partition coefficient (Wildman–Crippen LogP) is 2.72. The molecule has 1 fully saturated rings. The molecule has 32 heavy (non-hydrogen) atoms. The number of aliphatic hydroxyl groups is 1. The van der Waals surface area contributed by atoms with Crippen LogP contribution in [0.25, 0.3) is 0 Å². The van der Waals surface area contributed by atoms with Crippen molar-refractivity contribution >= 4 is 17.5 Å². The van der Waals surface area contributed by atoms with Crippen LogP contribution >= 0.6 is 0 Å². The fourth-order valence-electron chi connectivity index (χ4n) is 3.75. The molecule has 1 aliphatic rings. The summed E-state index contributed by atoms with van der Waals surface area (Å²) in [5, 5.41) is 13.9. The van der Waals surface area contributed by atoms with Crippen LogP contribution in [0.2, 0.25) is 0 Å². The van der Waals surface area contributed by atoms with Crippen LogP contribution < -0.4 is 5.32 Å². The summed E-state index contributed by atoms with van der Waals surface area (Å²) in [5.41, 5.74) is 3.16. The number of nitrogens with one attached hydrogen (secondary N) is 1. The van der Waals surface area contributed by atoms with Gasteiger partial charge in [-0.2, -0.15) is 0 Å². The fourth-order valence-corrected chi connectivity index (χ4v) is 3.75. The van der Waals surface area contributed by atoms with Crippen LogP contribution in [0.1, 0.15) is 22.8 Å². The highest BCUT2D eigenvalue weighted by atomic mass is 16.5. The van der Waals surface area contributed by atoms with Crippen molar-refractivity contribution in [2.45, 2.75) is 25.1 Å². The Labute approximate surface area is 186 Å². The van der Waals surface area contributed by atoms with E-state index >= 15 is 0 Å². The largest absolute Gasteiger partial charge is 0.386 e. The molecule has 7 nitrogen and oxygen atoms in total. The summed E-state index contributed by atoms with van der Waals surface area (Å²) in [7, 11) is 0. The normalized spacial score (nSPS) is 17.1. The average Bonchev–Trinajstić information content (AvgIpc) is 2.82. The van der Waals surface area contributed by atoms with E-state index < -0.39 is 12.1 Å². The zero-order chi connectivity index (χ0) is 22.3. The second-order valence-electron chi connectivity index (χ2n) is 7.74. The molecule has 1 aliphatic heterocycles. The number of amides is 2. The fraction of sp³-hybridized carbons (Fsp3) is 0.240. The number of carbonyl (C=O) groups excluding carboxylic acids is 2. The maximum atomic E-state index is 12.5. The van der Waals surface area contributed by atoms with E-state index in [1.54, 1.807) is 41.6 Å². The molecule has 1 aromatic heterocycles. The molecule has 2 amide bonds. The quantitative estimate of drug-likeness (QED) is 0.600. The van der Waals surface area contributed by atoms with E-state index in [1.165, 1.54) is 0 Å². The molecule has 2 heterocycles. The van der Waals surface area contributed by atoms with Gasteiger partial charge in [0.05, 0.1) is 19.1 Å². The number of hydrogen-bond acceptors (Lipinski definition) is 5. The van der Waals surface area contributed by atoms with Crippen molar-refractivity contribution in [1.29, 1.82) is 0 Å². The Bertz CT molecular complexity index is 1040. The number of anilines is 1. The summed E-state index contributed by atoms with van der Waals surface area (Å²) < 4.78 is 5.42. The van der Waals surface area contributed by atoms with E-state index in [9.17, 15) is 14.7 Å². The lowest BCUT2D eigenvalue weighted by Gasteiger charge is -2.38. The molecule has 0 bridgehead atoms. The van der Waals surface area contributed by atoms with E-state index in [4.69, 9.17) is 4.74 Å². The Morgan fingerprint density at radius 1 is 1.06 bits per heavy atom. The molecule has 2 aromatic carbocycles. The molecule has 0 spiro atoms. The predicted molar refractivity (Wildman–Crippen MR) is 120 cm³/mol. The smallest absolute Gasteiger partial charge is 0.249 e. The minimum atomic E-state index is -0.921. The van der Waals surface area contributed by atoms with Crippen molar-refractivity contribution in [2.75, 3.05) is 18.5 Å². The number of ether oxygens (including phenoxy) is 1. The molecule has 0 aliphatic carbocycles. The van der Waals surface area contributed by atoms with Gasteiger partial charge < -0.3 is 20.1 Å². The van der Waals surface area contributed by atoms with Crippen LogP contribution in [0.4, 0.5) is 5.69 Å². The lowest BCUT2D eigenvalue weighted by atomic mass is 9.99. The summed E-state index contributed by atoms with van der Waals surface area (Å²) in [6.45, 7) is 0.619.